The number of nitrogens with one attached hydrogen (secondary N) is 1. The zero-order chi connectivity index (χ0) is 17.1. The van der Waals surface area contributed by atoms with Crippen LogP contribution in [-0.4, -0.2) is 24.9 Å². The predicted molar refractivity (Wildman–Crippen MR) is 91.5 cm³/mol. The standard InChI is InChI=1S/C20H21NO3/c1-13(22)16-17(14-9-5-3-6-10-14)19(20(23)24-2)21-18(16)15-11-7-4-8-12-15/h3-12,16-19,21H,1-2H3/t16-,17-,18-,19-/m0/s1. The number of ketones is 1. The maximum Gasteiger partial charge on any atom is 0.323 e. The van der Waals surface area contributed by atoms with Gasteiger partial charge in [0.1, 0.15) is 11.8 Å². The zero-order valence-corrected chi connectivity index (χ0v) is 13.8. The molecule has 0 amide bonds. The van der Waals surface area contributed by atoms with Gasteiger partial charge in [-0.3, -0.25) is 14.9 Å². The molecule has 4 atom stereocenters. The molecule has 0 spiro atoms. The van der Waals surface area contributed by atoms with Crippen LogP contribution >= 0.6 is 0 Å². The normalized spacial score (nSPS) is 26.1. The van der Waals surface area contributed by atoms with E-state index in [0.29, 0.717) is 0 Å². The first-order chi connectivity index (χ1) is 11.6. The third-order valence-electron chi connectivity index (χ3n) is 4.73. The Morgan fingerprint density at radius 3 is 1.96 bits per heavy atom. The lowest BCUT2D eigenvalue weighted by molar-refractivity contribution is -0.143. The maximum absolute atomic E-state index is 12.5. The first-order valence-corrected chi connectivity index (χ1v) is 8.07. The number of hydrogen-bond donors (Lipinski definition) is 1. The van der Waals surface area contributed by atoms with Gasteiger partial charge in [0, 0.05) is 17.9 Å². The van der Waals surface area contributed by atoms with Crippen molar-refractivity contribution >= 4 is 11.8 Å². The highest BCUT2D eigenvalue weighted by Gasteiger charge is 2.49. The van der Waals surface area contributed by atoms with Gasteiger partial charge in [0.05, 0.1) is 7.11 Å². The summed E-state index contributed by atoms with van der Waals surface area (Å²) in [5.74, 6) is -0.842. The van der Waals surface area contributed by atoms with Crippen molar-refractivity contribution in [2.75, 3.05) is 7.11 Å². The number of benzene rings is 2. The Morgan fingerprint density at radius 1 is 0.917 bits per heavy atom. The highest BCUT2D eigenvalue weighted by molar-refractivity contribution is 5.85. The number of esters is 1. The van der Waals surface area contributed by atoms with Crippen molar-refractivity contribution in [3.63, 3.8) is 0 Å². The van der Waals surface area contributed by atoms with Gasteiger partial charge in [-0.25, -0.2) is 0 Å². The van der Waals surface area contributed by atoms with E-state index in [1.165, 1.54) is 7.11 Å². The highest BCUT2D eigenvalue weighted by Crippen LogP contribution is 2.44. The molecular formula is C20H21NO3. The van der Waals surface area contributed by atoms with Crippen LogP contribution in [0.3, 0.4) is 0 Å². The van der Waals surface area contributed by atoms with E-state index in [-0.39, 0.29) is 29.6 Å². The Kier molecular flexibility index (Phi) is 4.76. The summed E-state index contributed by atoms with van der Waals surface area (Å²) in [6.07, 6.45) is 0. The molecule has 0 bridgehead atoms. The third-order valence-corrected chi connectivity index (χ3v) is 4.73. The predicted octanol–water partition coefficient (Wildman–Crippen LogP) is 2.86. The number of hydrogen-bond acceptors (Lipinski definition) is 4. The number of carbonyl (C=O) groups excluding carboxylic acids is 2. The average molecular weight is 323 g/mol. The van der Waals surface area contributed by atoms with Crippen molar-refractivity contribution in [2.24, 2.45) is 5.92 Å². The summed E-state index contributed by atoms with van der Waals surface area (Å²) in [7, 11) is 1.38. The van der Waals surface area contributed by atoms with Crippen LogP contribution in [0, 0.1) is 5.92 Å². The molecule has 0 aromatic heterocycles. The minimum atomic E-state index is -0.545. The van der Waals surface area contributed by atoms with Crippen LogP contribution in [0.5, 0.6) is 0 Å². The smallest absolute Gasteiger partial charge is 0.323 e. The summed E-state index contributed by atoms with van der Waals surface area (Å²) in [5.41, 5.74) is 1.98. The van der Waals surface area contributed by atoms with Crippen LogP contribution < -0.4 is 5.32 Å². The molecule has 24 heavy (non-hydrogen) atoms. The fourth-order valence-corrected chi connectivity index (χ4v) is 3.68. The van der Waals surface area contributed by atoms with Crippen molar-refractivity contribution in [1.29, 1.82) is 0 Å². The Labute approximate surface area is 141 Å². The van der Waals surface area contributed by atoms with Gasteiger partial charge in [-0.15, -0.1) is 0 Å². The first-order valence-electron chi connectivity index (χ1n) is 8.07. The van der Waals surface area contributed by atoms with Gasteiger partial charge >= 0.3 is 5.97 Å². The maximum atomic E-state index is 12.5. The largest absolute Gasteiger partial charge is 0.468 e. The summed E-state index contributed by atoms with van der Waals surface area (Å²) in [6, 6.07) is 18.7. The van der Waals surface area contributed by atoms with Gasteiger partial charge in [-0.2, -0.15) is 0 Å². The molecule has 1 fully saturated rings. The molecule has 3 rings (SSSR count). The quantitative estimate of drug-likeness (QED) is 0.879. The molecule has 2 aromatic carbocycles. The summed E-state index contributed by atoms with van der Waals surface area (Å²) >= 11 is 0. The van der Waals surface area contributed by atoms with Crippen molar-refractivity contribution in [2.45, 2.75) is 24.9 Å². The molecule has 0 aliphatic carbocycles. The zero-order valence-electron chi connectivity index (χ0n) is 13.8. The van der Waals surface area contributed by atoms with Gasteiger partial charge in [0.2, 0.25) is 0 Å². The fourth-order valence-electron chi connectivity index (χ4n) is 3.68. The number of carbonyl (C=O) groups is 2. The molecule has 4 nitrogen and oxygen atoms in total. The Morgan fingerprint density at radius 2 is 1.46 bits per heavy atom. The molecule has 1 N–H and O–H groups in total. The lowest BCUT2D eigenvalue weighted by Gasteiger charge is -2.23. The minimum absolute atomic E-state index is 0.0663. The van der Waals surface area contributed by atoms with Gasteiger partial charge in [-0.1, -0.05) is 60.7 Å². The van der Waals surface area contributed by atoms with E-state index in [9.17, 15) is 9.59 Å². The fraction of sp³-hybridized carbons (Fsp3) is 0.300. The summed E-state index contributed by atoms with van der Waals surface area (Å²) < 4.78 is 4.99. The molecule has 1 aliphatic heterocycles. The van der Waals surface area contributed by atoms with Gasteiger partial charge < -0.3 is 4.74 Å². The van der Waals surface area contributed by atoms with E-state index in [4.69, 9.17) is 4.74 Å². The third kappa shape index (κ3) is 2.97. The molecule has 2 aromatic rings. The Bertz CT molecular complexity index is 714. The number of ether oxygens (including phenoxy) is 1. The minimum Gasteiger partial charge on any atom is -0.468 e. The number of rotatable bonds is 4. The number of methoxy groups -OCH3 is 1. The average Bonchev–Trinajstić information content (AvgIpc) is 3.03. The molecule has 1 saturated heterocycles. The first kappa shape index (κ1) is 16.4. The summed E-state index contributed by atoms with van der Waals surface area (Å²) in [5, 5.41) is 3.34. The SMILES string of the molecule is COC(=O)[C@H]1N[C@@H](c2ccccc2)[C@@H](C(C)=O)[C@@H]1c1ccccc1. The van der Waals surface area contributed by atoms with Gasteiger partial charge in [-0.05, 0) is 18.1 Å². The van der Waals surface area contributed by atoms with Crippen LogP contribution in [0.1, 0.15) is 30.0 Å². The lowest BCUT2D eigenvalue weighted by atomic mass is 9.78. The molecule has 0 radical (unpaired) electrons. The number of Topliss-reactive ketones (excluding diaryl/α,β-unsaturated/α-hetero) is 1. The molecule has 1 aliphatic rings. The Hall–Kier alpha value is -2.46. The summed E-state index contributed by atoms with van der Waals surface area (Å²) in [4.78, 5) is 24.8. The highest BCUT2D eigenvalue weighted by atomic mass is 16.5. The lowest BCUT2D eigenvalue weighted by Crippen LogP contribution is -2.36. The summed E-state index contributed by atoms with van der Waals surface area (Å²) in [6.45, 7) is 1.60. The molecular weight excluding hydrogens is 302 g/mol. The Balaban J connectivity index is 2.07. The van der Waals surface area contributed by atoms with Crippen LogP contribution in [0.25, 0.3) is 0 Å². The van der Waals surface area contributed by atoms with E-state index in [1.54, 1.807) is 6.92 Å². The van der Waals surface area contributed by atoms with Gasteiger partial charge in [0.15, 0.2) is 0 Å². The van der Waals surface area contributed by atoms with E-state index in [1.807, 2.05) is 60.7 Å². The topological polar surface area (TPSA) is 55.4 Å². The van der Waals surface area contributed by atoms with Crippen molar-refractivity contribution in [1.82, 2.24) is 5.32 Å². The molecule has 1 heterocycles. The second-order valence-corrected chi connectivity index (χ2v) is 6.13. The van der Waals surface area contributed by atoms with Crippen molar-refractivity contribution in [3.8, 4) is 0 Å². The van der Waals surface area contributed by atoms with Crippen LogP contribution in [0.4, 0.5) is 0 Å². The van der Waals surface area contributed by atoms with E-state index in [2.05, 4.69) is 5.32 Å². The van der Waals surface area contributed by atoms with E-state index in [0.717, 1.165) is 11.1 Å². The second kappa shape index (κ2) is 6.97. The monoisotopic (exact) mass is 323 g/mol. The molecule has 0 saturated carbocycles. The van der Waals surface area contributed by atoms with E-state index < -0.39 is 6.04 Å². The van der Waals surface area contributed by atoms with Gasteiger partial charge in [0.25, 0.3) is 0 Å². The second-order valence-electron chi connectivity index (χ2n) is 6.13. The van der Waals surface area contributed by atoms with Crippen LogP contribution in [-0.2, 0) is 14.3 Å². The molecule has 4 heteroatoms. The van der Waals surface area contributed by atoms with Crippen molar-refractivity contribution < 1.29 is 14.3 Å². The van der Waals surface area contributed by atoms with E-state index >= 15 is 0 Å². The molecule has 124 valence electrons. The molecule has 0 unspecified atom stereocenters. The van der Waals surface area contributed by atoms with Crippen LogP contribution in [0.2, 0.25) is 0 Å². The van der Waals surface area contributed by atoms with Crippen LogP contribution in [0.15, 0.2) is 60.7 Å². The van der Waals surface area contributed by atoms with Crippen molar-refractivity contribution in [3.05, 3.63) is 71.8 Å².